The topological polar surface area (TPSA) is 18.5 Å². The van der Waals surface area contributed by atoms with Gasteiger partial charge in [0.1, 0.15) is 0 Å². The van der Waals surface area contributed by atoms with E-state index in [2.05, 4.69) is 62.4 Å². The van der Waals surface area contributed by atoms with Gasteiger partial charge < -0.3 is 8.37 Å². The van der Waals surface area contributed by atoms with Gasteiger partial charge in [0.05, 0.1) is 24.1 Å². The Hall–Kier alpha value is -1.78. The van der Waals surface area contributed by atoms with E-state index in [4.69, 9.17) is 8.37 Å². The second-order valence-corrected chi connectivity index (χ2v) is 13.6. The lowest BCUT2D eigenvalue weighted by atomic mass is 9.93. The molecule has 230 valence electrons. The van der Waals surface area contributed by atoms with E-state index in [0.717, 1.165) is 33.8 Å². The summed E-state index contributed by atoms with van der Waals surface area (Å²) < 4.78 is 13.1. The van der Waals surface area contributed by atoms with Crippen LogP contribution in [0, 0.1) is 0 Å². The van der Waals surface area contributed by atoms with E-state index in [1.807, 2.05) is 0 Å². The average Bonchev–Trinajstić information content (AvgIpc) is 3.02. The zero-order valence-electron chi connectivity index (χ0n) is 26.4. The lowest BCUT2D eigenvalue weighted by molar-refractivity contribution is 0.564. The van der Waals surface area contributed by atoms with Gasteiger partial charge in [-0.15, -0.1) is 0 Å². The van der Waals surface area contributed by atoms with E-state index in [0.29, 0.717) is 0 Å². The van der Waals surface area contributed by atoms with Crippen LogP contribution in [0.4, 0.5) is 0 Å². The SMILES string of the molecule is CCCCCCCCCCCSOc1c(OSCCCCCCCCCCC)c2cccc3ccc4cccc1c4c32. The van der Waals surface area contributed by atoms with E-state index < -0.39 is 0 Å². The smallest absolute Gasteiger partial charge is 0.189 e. The van der Waals surface area contributed by atoms with E-state index in [9.17, 15) is 0 Å². The van der Waals surface area contributed by atoms with Crippen molar-refractivity contribution >= 4 is 56.4 Å². The normalized spacial score (nSPS) is 11.8. The van der Waals surface area contributed by atoms with Crippen molar-refractivity contribution < 1.29 is 8.37 Å². The highest BCUT2D eigenvalue weighted by Gasteiger charge is 2.21. The third-order valence-electron chi connectivity index (χ3n) is 8.53. The highest BCUT2D eigenvalue weighted by Crippen LogP contribution is 2.49. The first kappa shape index (κ1) is 33.1. The summed E-state index contributed by atoms with van der Waals surface area (Å²) >= 11 is 3.20. The summed E-state index contributed by atoms with van der Waals surface area (Å²) in [5.41, 5.74) is 0. The molecule has 0 atom stereocenters. The highest BCUT2D eigenvalue weighted by molar-refractivity contribution is 7.95. The first-order valence-electron chi connectivity index (χ1n) is 17.1. The molecule has 0 amide bonds. The van der Waals surface area contributed by atoms with Crippen LogP contribution >= 0.6 is 24.1 Å². The predicted octanol–water partition coefficient (Wildman–Crippen LogP) is 13.7. The number of benzene rings is 4. The molecule has 4 aromatic rings. The van der Waals surface area contributed by atoms with Crippen molar-refractivity contribution in [3.8, 4) is 11.5 Å². The van der Waals surface area contributed by atoms with Crippen LogP contribution in [0.5, 0.6) is 11.5 Å². The molecule has 0 unspecified atom stereocenters. The molecule has 0 aromatic heterocycles. The number of hydrogen-bond donors (Lipinski definition) is 0. The minimum Gasteiger partial charge on any atom is -0.421 e. The molecule has 0 heterocycles. The van der Waals surface area contributed by atoms with Gasteiger partial charge in [-0.1, -0.05) is 165 Å². The number of hydrogen-bond acceptors (Lipinski definition) is 4. The molecule has 0 fully saturated rings. The Kier molecular flexibility index (Phi) is 15.4. The fourth-order valence-corrected chi connectivity index (χ4v) is 7.47. The third-order valence-corrected chi connectivity index (χ3v) is 10.0. The predicted molar refractivity (Wildman–Crippen MR) is 191 cm³/mol. The maximum Gasteiger partial charge on any atom is 0.189 e. The first-order valence-corrected chi connectivity index (χ1v) is 19.0. The summed E-state index contributed by atoms with van der Waals surface area (Å²) in [5, 5.41) is 7.43. The Morgan fingerprint density at radius 1 is 0.429 bits per heavy atom. The molecule has 0 saturated heterocycles. The van der Waals surface area contributed by atoms with Crippen LogP contribution in [-0.2, 0) is 0 Å². The van der Waals surface area contributed by atoms with Crippen LogP contribution in [0.2, 0.25) is 0 Å². The molecule has 0 N–H and O–H groups in total. The lowest BCUT2D eigenvalue weighted by Gasteiger charge is -2.19. The highest BCUT2D eigenvalue weighted by atomic mass is 32.2. The molecule has 2 nitrogen and oxygen atoms in total. The van der Waals surface area contributed by atoms with Gasteiger partial charge in [-0.05, 0) is 23.6 Å². The van der Waals surface area contributed by atoms with Crippen molar-refractivity contribution in [2.45, 2.75) is 129 Å². The Labute approximate surface area is 264 Å². The van der Waals surface area contributed by atoms with Crippen molar-refractivity contribution in [1.82, 2.24) is 0 Å². The summed E-state index contributed by atoms with van der Waals surface area (Å²) in [7, 11) is 0. The maximum atomic E-state index is 6.55. The molecule has 42 heavy (non-hydrogen) atoms. The van der Waals surface area contributed by atoms with Gasteiger partial charge in [0.15, 0.2) is 11.5 Å². The Morgan fingerprint density at radius 3 is 1.17 bits per heavy atom. The van der Waals surface area contributed by atoms with Crippen molar-refractivity contribution in [1.29, 1.82) is 0 Å². The van der Waals surface area contributed by atoms with Gasteiger partial charge in [-0.2, -0.15) is 0 Å². The third kappa shape index (κ3) is 9.88. The fraction of sp³-hybridized carbons (Fsp3) is 0.579. The summed E-state index contributed by atoms with van der Waals surface area (Å²) in [6.07, 6.45) is 24.2. The molecule has 4 rings (SSSR count). The number of unbranched alkanes of at least 4 members (excludes halogenated alkanes) is 16. The van der Waals surface area contributed by atoms with Gasteiger partial charge in [0, 0.05) is 33.1 Å². The summed E-state index contributed by atoms with van der Waals surface area (Å²) in [6, 6.07) is 17.6. The van der Waals surface area contributed by atoms with E-state index >= 15 is 0 Å². The molecule has 0 radical (unpaired) electrons. The Balaban J connectivity index is 1.34. The second kappa shape index (κ2) is 19.5. The molecule has 4 aromatic carbocycles. The average molecular weight is 607 g/mol. The fourth-order valence-electron chi connectivity index (χ4n) is 6.09. The maximum absolute atomic E-state index is 6.55. The largest absolute Gasteiger partial charge is 0.421 e. The van der Waals surface area contributed by atoms with Crippen LogP contribution in [-0.4, -0.2) is 11.5 Å². The first-order chi connectivity index (χ1) is 20.8. The second-order valence-electron chi connectivity index (χ2n) is 12.0. The molecule has 0 saturated carbocycles. The number of rotatable bonds is 24. The Morgan fingerprint density at radius 2 is 0.786 bits per heavy atom. The van der Waals surface area contributed by atoms with Gasteiger partial charge in [0.2, 0.25) is 0 Å². The minimum absolute atomic E-state index is 0.896. The molecule has 4 heteroatoms. The van der Waals surface area contributed by atoms with Crippen molar-refractivity contribution in [2.24, 2.45) is 0 Å². The molecule has 0 aliphatic heterocycles. The zero-order chi connectivity index (χ0) is 29.2. The van der Waals surface area contributed by atoms with Crippen LogP contribution in [0.15, 0.2) is 48.5 Å². The lowest BCUT2D eigenvalue weighted by Crippen LogP contribution is -1.96. The summed E-state index contributed by atoms with van der Waals surface area (Å²) in [6.45, 7) is 4.57. The minimum atomic E-state index is 0.896. The van der Waals surface area contributed by atoms with Crippen LogP contribution in [0.3, 0.4) is 0 Å². The Bertz CT molecular complexity index is 1190. The quantitative estimate of drug-likeness (QED) is 0.0448. The van der Waals surface area contributed by atoms with Crippen LogP contribution in [0.25, 0.3) is 32.3 Å². The molecule has 0 spiro atoms. The standard InChI is InChI=1S/C38H54O2S2/c1-3-5-7-9-11-13-15-17-19-29-41-39-37-33-25-21-23-31-27-28-32-24-22-26-34(36(32)35(31)33)38(37)40-42-30-20-18-16-14-12-10-8-6-4-2/h21-28H,3-20,29-30H2,1-2H3. The van der Waals surface area contributed by atoms with E-state index in [1.165, 1.54) is 137 Å². The van der Waals surface area contributed by atoms with Crippen LogP contribution in [0.1, 0.15) is 129 Å². The molecule has 0 aliphatic rings. The zero-order valence-corrected chi connectivity index (χ0v) is 28.0. The van der Waals surface area contributed by atoms with Crippen molar-refractivity contribution in [3.05, 3.63) is 48.5 Å². The van der Waals surface area contributed by atoms with E-state index in [1.54, 1.807) is 24.1 Å². The molecular weight excluding hydrogens is 553 g/mol. The monoisotopic (exact) mass is 606 g/mol. The van der Waals surface area contributed by atoms with Gasteiger partial charge in [-0.25, -0.2) is 0 Å². The molecule has 0 aliphatic carbocycles. The van der Waals surface area contributed by atoms with Gasteiger partial charge in [-0.3, -0.25) is 0 Å². The van der Waals surface area contributed by atoms with Crippen LogP contribution < -0.4 is 8.37 Å². The summed E-state index contributed by atoms with van der Waals surface area (Å²) in [4.78, 5) is 0. The van der Waals surface area contributed by atoms with Crippen molar-refractivity contribution in [2.75, 3.05) is 11.5 Å². The molecular formula is C38H54O2S2. The van der Waals surface area contributed by atoms with E-state index in [-0.39, 0.29) is 0 Å². The molecule has 0 bridgehead atoms. The van der Waals surface area contributed by atoms with Crippen molar-refractivity contribution in [3.63, 3.8) is 0 Å². The van der Waals surface area contributed by atoms with Gasteiger partial charge in [0.25, 0.3) is 0 Å². The summed E-state index contributed by atoms with van der Waals surface area (Å²) in [5.74, 6) is 3.82. The van der Waals surface area contributed by atoms with Gasteiger partial charge >= 0.3 is 0 Å².